The molecule has 0 aliphatic carbocycles. The SMILES string of the molecule is Br.CC(C)CC(N)C(N)=O. The van der Waals surface area contributed by atoms with E-state index in [-0.39, 0.29) is 17.0 Å². The van der Waals surface area contributed by atoms with Crippen molar-refractivity contribution in [3.05, 3.63) is 0 Å². The molecular weight excluding hydrogens is 196 g/mol. The molecule has 1 unspecified atom stereocenters. The molecule has 0 aliphatic rings. The van der Waals surface area contributed by atoms with Crippen LogP contribution in [-0.2, 0) is 4.79 Å². The van der Waals surface area contributed by atoms with E-state index in [0.717, 1.165) is 0 Å². The van der Waals surface area contributed by atoms with Crippen molar-refractivity contribution in [2.45, 2.75) is 26.3 Å². The second-order valence-electron chi connectivity index (χ2n) is 2.64. The Labute approximate surface area is 71.9 Å². The van der Waals surface area contributed by atoms with Crippen molar-refractivity contribution < 1.29 is 4.79 Å². The first-order valence-corrected chi connectivity index (χ1v) is 3.09. The molecule has 10 heavy (non-hydrogen) atoms. The lowest BCUT2D eigenvalue weighted by atomic mass is 10.0. The van der Waals surface area contributed by atoms with Gasteiger partial charge in [0.2, 0.25) is 5.91 Å². The maximum atomic E-state index is 10.3. The van der Waals surface area contributed by atoms with Gasteiger partial charge in [-0.05, 0) is 12.3 Å². The van der Waals surface area contributed by atoms with Gasteiger partial charge in [-0.15, -0.1) is 17.0 Å². The minimum atomic E-state index is -0.468. The third-order valence-electron chi connectivity index (χ3n) is 1.09. The molecule has 0 aromatic heterocycles. The van der Waals surface area contributed by atoms with E-state index in [4.69, 9.17) is 11.5 Å². The average molecular weight is 211 g/mol. The van der Waals surface area contributed by atoms with Gasteiger partial charge in [0.05, 0.1) is 6.04 Å². The molecule has 0 radical (unpaired) electrons. The molecule has 62 valence electrons. The van der Waals surface area contributed by atoms with Crippen LogP contribution < -0.4 is 11.5 Å². The van der Waals surface area contributed by atoms with Gasteiger partial charge in [-0.2, -0.15) is 0 Å². The second kappa shape index (κ2) is 5.68. The largest absolute Gasteiger partial charge is 0.368 e. The first-order chi connectivity index (χ1) is 4.04. The van der Waals surface area contributed by atoms with Crippen LogP contribution in [0.25, 0.3) is 0 Å². The number of hydrogen-bond donors (Lipinski definition) is 2. The second-order valence-corrected chi connectivity index (χ2v) is 2.64. The number of carbonyl (C=O) groups is 1. The smallest absolute Gasteiger partial charge is 0.234 e. The normalized spacial score (nSPS) is 12.4. The molecule has 0 saturated carbocycles. The van der Waals surface area contributed by atoms with Crippen LogP contribution in [0.4, 0.5) is 0 Å². The van der Waals surface area contributed by atoms with Gasteiger partial charge in [0.15, 0.2) is 0 Å². The van der Waals surface area contributed by atoms with Crippen molar-refractivity contribution in [3.8, 4) is 0 Å². The fourth-order valence-electron chi connectivity index (χ4n) is 0.624. The van der Waals surface area contributed by atoms with Crippen molar-refractivity contribution >= 4 is 22.9 Å². The summed E-state index contributed by atoms with van der Waals surface area (Å²) < 4.78 is 0. The van der Waals surface area contributed by atoms with Crippen molar-refractivity contribution in [2.75, 3.05) is 0 Å². The summed E-state index contributed by atoms with van der Waals surface area (Å²) in [6, 6.07) is -0.468. The van der Waals surface area contributed by atoms with Crippen LogP contribution in [-0.4, -0.2) is 11.9 Å². The predicted octanol–water partition coefficient (Wildman–Crippen LogP) is 0.423. The third-order valence-corrected chi connectivity index (χ3v) is 1.09. The Morgan fingerprint density at radius 2 is 1.90 bits per heavy atom. The lowest BCUT2D eigenvalue weighted by Crippen LogP contribution is -2.37. The molecule has 0 fully saturated rings. The van der Waals surface area contributed by atoms with Gasteiger partial charge >= 0.3 is 0 Å². The molecule has 3 nitrogen and oxygen atoms in total. The number of carbonyl (C=O) groups excluding carboxylic acids is 1. The Bertz CT molecular complexity index is 106. The van der Waals surface area contributed by atoms with Crippen LogP contribution in [0, 0.1) is 5.92 Å². The van der Waals surface area contributed by atoms with Crippen LogP contribution in [0.15, 0.2) is 0 Å². The van der Waals surface area contributed by atoms with Crippen molar-refractivity contribution in [1.82, 2.24) is 0 Å². The van der Waals surface area contributed by atoms with Gasteiger partial charge in [-0.1, -0.05) is 13.8 Å². The zero-order chi connectivity index (χ0) is 7.44. The van der Waals surface area contributed by atoms with Gasteiger partial charge < -0.3 is 11.5 Å². The quantitative estimate of drug-likeness (QED) is 0.710. The molecular formula is C6H15BrN2O. The van der Waals surface area contributed by atoms with E-state index in [9.17, 15) is 4.79 Å². The van der Waals surface area contributed by atoms with Crippen molar-refractivity contribution in [2.24, 2.45) is 17.4 Å². The summed E-state index contributed by atoms with van der Waals surface area (Å²) in [4.78, 5) is 10.3. The van der Waals surface area contributed by atoms with Crippen LogP contribution in [0.3, 0.4) is 0 Å². The molecule has 0 heterocycles. The van der Waals surface area contributed by atoms with Gasteiger partial charge in [-0.25, -0.2) is 0 Å². The molecule has 0 spiro atoms. The fourth-order valence-corrected chi connectivity index (χ4v) is 0.624. The molecule has 0 saturated heterocycles. The summed E-state index contributed by atoms with van der Waals surface area (Å²) in [6.45, 7) is 4.01. The Hall–Kier alpha value is -0.0900. The summed E-state index contributed by atoms with van der Waals surface area (Å²) in [7, 11) is 0. The van der Waals surface area contributed by atoms with Crippen LogP contribution in [0.2, 0.25) is 0 Å². The Kier molecular flexibility index (Phi) is 7.14. The average Bonchev–Trinajstić information content (AvgIpc) is 1.63. The molecule has 4 heteroatoms. The summed E-state index contributed by atoms with van der Waals surface area (Å²) in [6.07, 6.45) is 0.676. The van der Waals surface area contributed by atoms with E-state index < -0.39 is 11.9 Å². The number of nitrogens with two attached hydrogens (primary N) is 2. The standard InChI is InChI=1S/C6H14N2O.BrH/c1-4(2)3-5(7)6(8)9;/h4-5H,3,7H2,1-2H3,(H2,8,9);1H. The first kappa shape index (κ1) is 12.6. The van der Waals surface area contributed by atoms with E-state index in [1.54, 1.807) is 0 Å². The van der Waals surface area contributed by atoms with Crippen LogP contribution in [0.5, 0.6) is 0 Å². The molecule has 0 bridgehead atoms. The summed E-state index contributed by atoms with van der Waals surface area (Å²) >= 11 is 0. The molecule has 0 aliphatic heterocycles. The minimum absolute atomic E-state index is 0. The van der Waals surface area contributed by atoms with Gasteiger partial charge in [0.1, 0.15) is 0 Å². The van der Waals surface area contributed by atoms with Crippen LogP contribution in [0.1, 0.15) is 20.3 Å². The predicted molar refractivity (Wildman–Crippen MR) is 46.9 cm³/mol. The van der Waals surface area contributed by atoms with Crippen molar-refractivity contribution in [3.63, 3.8) is 0 Å². The Balaban J connectivity index is 0. The molecule has 0 aromatic carbocycles. The summed E-state index contributed by atoms with van der Waals surface area (Å²) in [5.74, 6) is 0.0243. The van der Waals surface area contributed by atoms with Gasteiger partial charge in [0.25, 0.3) is 0 Å². The highest BCUT2D eigenvalue weighted by atomic mass is 79.9. The Morgan fingerprint density at radius 3 is 2.00 bits per heavy atom. The van der Waals surface area contributed by atoms with E-state index in [1.165, 1.54) is 0 Å². The molecule has 1 atom stereocenters. The van der Waals surface area contributed by atoms with E-state index in [2.05, 4.69) is 0 Å². The highest BCUT2D eigenvalue weighted by Crippen LogP contribution is 2.00. The fraction of sp³-hybridized carbons (Fsp3) is 0.833. The number of hydrogen-bond acceptors (Lipinski definition) is 2. The molecule has 4 N–H and O–H groups in total. The van der Waals surface area contributed by atoms with Gasteiger partial charge in [-0.3, -0.25) is 4.79 Å². The highest BCUT2D eigenvalue weighted by molar-refractivity contribution is 8.93. The number of rotatable bonds is 3. The first-order valence-electron chi connectivity index (χ1n) is 3.09. The number of halogens is 1. The third kappa shape index (κ3) is 6.04. The summed E-state index contributed by atoms with van der Waals surface area (Å²) in [5.41, 5.74) is 10.3. The summed E-state index contributed by atoms with van der Waals surface area (Å²) in [5, 5.41) is 0. The molecule has 1 amide bonds. The number of primary amides is 1. The molecule has 0 aromatic rings. The lowest BCUT2D eigenvalue weighted by molar-refractivity contribution is -0.119. The minimum Gasteiger partial charge on any atom is -0.368 e. The Morgan fingerprint density at radius 1 is 1.50 bits per heavy atom. The zero-order valence-electron chi connectivity index (χ0n) is 6.33. The van der Waals surface area contributed by atoms with E-state index >= 15 is 0 Å². The maximum Gasteiger partial charge on any atom is 0.234 e. The van der Waals surface area contributed by atoms with Gasteiger partial charge in [0, 0.05) is 0 Å². The maximum absolute atomic E-state index is 10.3. The van der Waals surface area contributed by atoms with Crippen LogP contribution >= 0.6 is 17.0 Å². The zero-order valence-corrected chi connectivity index (χ0v) is 8.05. The lowest BCUT2D eigenvalue weighted by Gasteiger charge is -2.08. The number of amides is 1. The van der Waals surface area contributed by atoms with E-state index in [1.807, 2.05) is 13.8 Å². The molecule has 0 rings (SSSR count). The monoisotopic (exact) mass is 210 g/mol. The topological polar surface area (TPSA) is 69.1 Å². The van der Waals surface area contributed by atoms with Crippen molar-refractivity contribution in [1.29, 1.82) is 0 Å². The highest BCUT2D eigenvalue weighted by Gasteiger charge is 2.09. The van der Waals surface area contributed by atoms with E-state index in [0.29, 0.717) is 12.3 Å².